The molecule has 0 heterocycles. The van der Waals surface area contributed by atoms with Crippen molar-refractivity contribution in [2.75, 3.05) is 13.8 Å². The van der Waals surface area contributed by atoms with E-state index in [0.717, 1.165) is 0 Å². The molecule has 0 amide bonds. The van der Waals surface area contributed by atoms with Crippen molar-refractivity contribution in [3.05, 3.63) is 0 Å². The molecule has 5 heteroatoms. The highest BCUT2D eigenvalue weighted by atomic mass is 32.2. The van der Waals surface area contributed by atoms with Gasteiger partial charge in [0.15, 0.2) is 0 Å². The van der Waals surface area contributed by atoms with Gasteiger partial charge in [-0.05, 0) is 0 Å². The van der Waals surface area contributed by atoms with Gasteiger partial charge in [0, 0.05) is 18.4 Å². The molecule has 0 bridgehead atoms. The van der Waals surface area contributed by atoms with Crippen molar-refractivity contribution in [3.8, 4) is 0 Å². The van der Waals surface area contributed by atoms with Gasteiger partial charge in [-0.25, -0.2) is 4.72 Å². The fourth-order valence-electron chi connectivity index (χ4n) is 0.107. The lowest BCUT2D eigenvalue weighted by atomic mass is 11.3. The van der Waals surface area contributed by atoms with Crippen LogP contribution in [0.1, 0.15) is 0 Å². The van der Waals surface area contributed by atoms with E-state index in [1.165, 1.54) is 7.11 Å². The number of nitrogens with one attached hydrogen (secondary N) is 1. The first kappa shape index (κ1) is 7.03. The third kappa shape index (κ3) is 6.03. The zero-order valence-corrected chi connectivity index (χ0v) is 4.66. The Hall–Kier alpha value is 0.0300. The van der Waals surface area contributed by atoms with Crippen LogP contribution in [-0.4, -0.2) is 22.6 Å². The zero-order valence-electron chi connectivity index (χ0n) is 3.84. The fraction of sp³-hybridized carbons (Fsp3) is 1.00. The van der Waals surface area contributed by atoms with Gasteiger partial charge < -0.3 is 9.29 Å². The average molecular weight is 124 g/mol. The molecule has 0 aromatic carbocycles. The van der Waals surface area contributed by atoms with E-state index in [0.29, 0.717) is 0 Å². The number of rotatable bonds is 3. The topological polar surface area (TPSA) is 61.4 Å². The van der Waals surface area contributed by atoms with Crippen LogP contribution in [0.15, 0.2) is 0 Å². The maximum Gasteiger partial charge on any atom is 0.106 e. The van der Waals surface area contributed by atoms with Gasteiger partial charge in [0.1, 0.15) is 6.73 Å². The number of hydrogen-bond donors (Lipinski definition) is 1. The molecule has 0 aromatic rings. The molecule has 0 aliphatic heterocycles. The van der Waals surface area contributed by atoms with Crippen molar-refractivity contribution in [1.82, 2.24) is 4.72 Å². The van der Waals surface area contributed by atoms with Crippen LogP contribution in [0.2, 0.25) is 0 Å². The van der Waals surface area contributed by atoms with E-state index in [4.69, 9.17) is 0 Å². The normalized spacial score (nSPS) is 14.0. The maximum absolute atomic E-state index is 9.57. The van der Waals surface area contributed by atoms with Crippen LogP contribution in [0.5, 0.6) is 0 Å². The van der Waals surface area contributed by atoms with Crippen LogP contribution in [0.25, 0.3) is 0 Å². The third-order valence-corrected chi connectivity index (χ3v) is 0.675. The van der Waals surface area contributed by atoms with E-state index in [1.54, 1.807) is 0 Å². The lowest BCUT2D eigenvalue weighted by Gasteiger charge is -2.03. The standard InChI is InChI=1S/C2H7NO3S/c1-6-2-3-7(4)5/h3H,2H2,1H3,(H,4,5)/p-1. The maximum atomic E-state index is 9.57. The first-order chi connectivity index (χ1) is 3.27. The van der Waals surface area contributed by atoms with Crippen LogP contribution in [-0.2, 0) is 16.0 Å². The molecule has 0 saturated heterocycles. The lowest BCUT2D eigenvalue weighted by Crippen LogP contribution is -2.18. The van der Waals surface area contributed by atoms with Crippen LogP contribution in [0.4, 0.5) is 0 Å². The van der Waals surface area contributed by atoms with E-state index in [9.17, 15) is 8.76 Å². The molecule has 0 saturated carbocycles. The summed E-state index contributed by atoms with van der Waals surface area (Å²) in [4.78, 5) is 0. The van der Waals surface area contributed by atoms with Crippen LogP contribution < -0.4 is 4.72 Å². The van der Waals surface area contributed by atoms with Crippen LogP contribution >= 0.6 is 0 Å². The fourth-order valence-corrected chi connectivity index (χ4v) is 0.321. The Kier molecular flexibility index (Phi) is 4.21. The summed E-state index contributed by atoms with van der Waals surface area (Å²) in [6.07, 6.45) is 0. The smallest absolute Gasteiger partial charge is 0.106 e. The molecule has 1 unspecified atom stereocenters. The Morgan fingerprint density at radius 2 is 2.57 bits per heavy atom. The Labute approximate surface area is 44.3 Å². The largest absolute Gasteiger partial charge is 0.760 e. The van der Waals surface area contributed by atoms with Gasteiger partial charge in [0.25, 0.3) is 0 Å². The second-order valence-corrected chi connectivity index (χ2v) is 1.57. The number of methoxy groups -OCH3 is 1. The second-order valence-electron chi connectivity index (χ2n) is 0.812. The molecule has 1 atom stereocenters. The highest BCUT2D eigenvalue weighted by Crippen LogP contribution is 1.60. The van der Waals surface area contributed by atoms with Gasteiger partial charge in [-0.2, -0.15) is 0 Å². The van der Waals surface area contributed by atoms with Crippen molar-refractivity contribution in [2.45, 2.75) is 0 Å². The molecule has 7 heavy (non-hydrogen) atoms. The molecule has 0 fully saturated rings. The Balaban J connectivity index is 2.82. The van der Waals surface area contributed by atoms with Gasteiger partial charge in [-0.3, -0.25) is 4.21 Å². The summed E-state index contributed by atoms with van der Waals surface area (Å²) in [6.45, 7) is 0.0378. The first-order valence-electron chi connectivity index (χ1n) is 1.59. The van der Waals surface area contributed by atoms with E-state index >= 15 is 0 Å². The summed E-state index contributed by atoms with van der Waals surface area (Å²) in [5.74, 6) is 0. The van der Waals surface area contributed by atoms with Crippen molar-refractivity contribution in [3.63, 3.8) is 0 Å². The molecule has 0 radical (unpaired) electrons. The number of ether oxygens (including phenoxy) is 1. The van der Waals surface area contributed by atoms with Gasteiger partial charge in [-0.15, -0.1) is 0 Å². The van der Waals surface area contributed by atoms with Crippen LogP contribution in [0.3, 0.4) is 0 Å². The summed E-state index contributed by atoms with van der Waals surface area (Å²) in [5, 5.41) is 0. The highest BCUT2D eigenvalue weighted by molar-refractivity contribution is 7.77. The minimum atomic E-state index is -2.19. The predicted octanol–water partition coefficient (Wildman–Crippen LogP) is -1.03. The average Bonchev–Trinajstić information content (AvgIpc) is 1.61. The molecular formula is C2H6NO3S-. The van der Waals surface area contributed by atoms with Crippen LogP contribution in [0, 0.1) is 0 Å². The molecular weight excluding hydrogens is 118 g/mol. The van der Waals surface area contributed by atoms with Gasteiger partial charge in [0.05, 0.1) is 0 Å². The highest BCUT2D eigenvalue weighted by Gasteiger charge is 1.74. The van der Waals surface area contributed by atoms with Crippen molar-refractivity contribution in [2.24, 2.45) is 0 Å². The molecule has 0 spiro atoms. The van der Waals surface area contributed by atoms with E-state index in [2.05, 4.69) is 4.74 Å². The Morgan fingerprint density at radius 1 is 2.00 bits per heavy atom. The summed E-state index contributed by atoms with van der Waals surface area (Å²) in [5.41, 5.74) is 0. The predicted molar refractivity (Wildman–Crippen MR) is 23.9 cm³/mol. The molecule has 0 aliphatic carbocycles. The third-order valence-electron chi connectivity index (χ3n) is 0.321. The Bertz CT molecular complexity index is 66.0. The molecule has 0 aliphatic rings. The van der Waals surface area contributed by atoms with E-state index < -0.39 is 11.3 Å². The molecule has 4 nitrogen and oxygen atoms in total. The summed E-state index contributed by atoms with van der Waals surface area (Å²) in [6, 6.07) is 0. The number of hydrogen-bond acceptors (Lipinski definition) is 3. The van der Waals surface area contributed by atoms with Gasteiger partial charge in [0.2, 0.25) is 0 Å². The molecule has 1 N–H and O–H groups in total. The minimum absolute atomic E-state index is 0.0378. The van der Waals surface area contributed by atoms with E-state index in [-0.39, 0.29) is 6.73 Å². The van der Waals surface area contributed by atoms with Crippen molar-refractivity contribution in [1.29, 1.82) is 0 Å². The molecule has 0 aromatic heterocycles. The first-order valence-corrected chi connectivity index (χ1v) is 2.66. The minimum Gasteiger partial charge on any atom is -0.760 e. The summed E-state index contributed by atoms with van der Waals surface area (Å²) in [7, 11) is 1.40. The van der Waals surface area contributed by atoms with Crippen molar-refractivity contribution >= 4 is 11.3 Å². The summed E-state index contributed by atoms with van der Waals surface area (Å²) >= 11 is -2.19. The second kappa shape index (κ2) is 4.20. The Morgan fingerprint density at radius 3 is 2.71 bits per heavy atom. The molecule has 0 rings (SSSR count). The SMILES string of the molecule is COCNS(=O)[O-]. The van der Waals surface area contributed by atoms with Gasteiger partial charge >= 0.3 is 0 Å². The van der Waals surface area contributed by atoms with Crippen molar-refractivity contribution < 1.29 is 13.5 Å². The molecule has 44 valence electrons. The zero-order chi connectivity index (χ0) is 5.70. The van der Waals surface area contributed by atoms with Gasteiger partial charge in [-0.1, -0.05) is 0 Å². The summed E-state index contributed by atoms with van der Waals surface area (Å²) < 4.78 is 25.5. The quantitative estimate of drug-likeness (QED) is 0.386. The monoisotopic (exact) mass is 124 g/mol. The van der Waals surface area contributed by atoms with E-state index in [1.807, 2.05) is 4.72 Å². The lowest BCUT2D eigenvalue weighted by molar-refractivity contribution is 0.193.